The monoisotopic (exact) mass is 524 g/mol. The molecular formula is C27H22Cl2N2O3S. The highest BCUT2D eigenvalue weighted by molar-refractivity contribution is 7.92. The molecule has 0 heterocycles. The molecular weight excluding hydrogens is 503 g/mol. The Labute approximate surface area is 215 Å². The van der Waals surface area contributed by atoms with Crippen molar-refractivity contribution in [2.45, 2.75) is 18.4 Å². The SMILES string of the molecule is Cc1ccc(Cl)cc1N(Cc1ccc(C(=O)Nc2cccc(Cl)c2)cc1)S(=O)(=O)c1ccccc1. The zero-order valence-electron chi connectivity index (χ0n) is 18.8. The minimum Gasteiger partial charge on any atom is -0.322 e. The summed E-state index contributed by atoms with van der Waals surface area (Å²) >= 11 is 12.2. The van der Waals surface area contributed by atoms with E-state index < -0.39 is 10.0 Å². The molecule has 0 aromatic heterocycles. The van der Waals surface area contributed by atoms with Crippen molar-refractivity contribution in [1.29, 1.82) is 0 Å². The Morgan fingerprint density at radius 3 is 2.20 bits per heavy atom. The minimum absolute atomic E-state index is 0.0641. The summed E-state index contributed by atoms with van der Waals surface area (Å²) in [6.07, 6.45) is 0. The fraction of sp³-hybridized carbons (Fsp3) is 0.0741. The molecule has 0 spiro atoms. The van der Waals surface area contributed by atoms with Crippen LogP contribution in [-0.4, -0.2) is 14.3 Å². The van der Waals surface area contributed by atoms with E-state index in [0.29, 0.717) is 32.5 Å². The van der Waals surface area contributed by atoms with Crippen LogP contribution in [0.25, 0.3) is 0 Å². The van der Waals surface area contributed by atoms with Crippen LogP contribution in [0, 0.1) is 6.92 Å². The number of amides is 1. The third-order valence-electron chi connectivity index (χ3n) is 5.40. The first-order valence-electron chi connectivity index (χ1n) is 10.7. The number of halogens is 2. The summed E-state index contributed by atoms with van der Waals surface area (Å²) in [5.74, 6) is -0.293. The van der Waals surface area contributed by atoms with Gasteiger partial charge in [-0.05, 0) is 72.6 Å². The van der Waals surface area contributed by atoms with E-state index in [-0.39, 0.29) is 17.3 Å². The fourth-order valence-electron chi connectivity index (χ4n) is 3.57. The molecule has 1 N–H and O–H groups in total. The van der Waals surface area contributed by atoms with Gasteiger partial charge < -0.3 is 5.32 Å². The van der Waals surface area contributed by atoms with Crippen molar-refractivity contribution in [3.05, 3.63) is 124 Å². The molecule has 0 saturated carbocycles. The van der Waals surface area contributed by atoms with Crippen molar-refractivity contribution in [2.75, 3.05) is 9.62 Å². The molecule has 0 saturated heterocycles. The zero-order chi connectivity index (χ0) is 25.0. The van der Waals surface area contributed by atoms with Gasteiger partial charge in [0, 0.05) is 21.3 Å². The summed E-state index contributed by atoms with van der Waals surface area (Å²) in [4.78, 5) is 12.8. The number of nitrogens with zero attached hydrogens (tertiary/aromatic N) is 1. The molecule has 0 unspecified atom stereocenters. The van der Waals surface area contributed by atoms with Gasteiger partial charge in [0.15, 0.2) is 0 Å². The van der Waals surface area contributed by atoms with Gasteiger partial charge in [0.05, 0.1) is 17.1 Å². The molecule has 0 radical (unpaired) electrons. The molecule has 5 nitrogen and oxygen atoms in total. The maximum Gasteiger partial charge on any atom is 0.264 e. The van der Waals surface area contributed by atoms with E-state index >= 15 is 0 Å². The second kappa shape index (κ2) is 10.5. The van der Waals surface area contributed by atoms with Gasteiger partial charge in [0.2, 0.25) is 0 Å². The maximum absolute atomic E-state index is 13.6. The lowest BCUT2D eigenvalue weighted by atomic mass is 10.1. The maximum atomic E-state index is 13.6. The number of carbonyl (C=O) groups excluding carboxylic acids is 1. The number of aryl methyl sites for hydroxylation is 1. The number of carbonyl (C=O) groups is 1. The first-order valence-corrected chi connectivity index (χ1v) is 12.9. The fourth-order valence-corrected chi connectivity index (χ4v) is 5.45. The van der Waals surface area contributed by atoms with Crippen molar-refractivity contribution in [1.82, 2.24) is 0 Å². The van der Waals surface area contributed by atoms with Crippen LogP contribution in [-0.2, 0) is 16.6 Å². The van der Waals surface area contributed by atoms with Gasteiger partial charge in [-0.1, -0.05) is 65.7 Å². The van der Waals surface area contributed by atoms with Crippen LogP contribution in [0.3, 0.4) is 0 Å². The van der Waals surface area contributed by atoms with E-state index in [2.05, 4.69) is 5.32 Å². The molecule has 4 aromatic rings. The smallest absolute Gasteiger partial charge is 0.264 e. The third kappa shape index (κ3) is 5.85. The molecule has 178 valence electrons. The van der Waals surface area contributed by atoms with Gasteiger partial charge in [-0.25, -0.2) is 8.42 Å². The Morgan fingerprint density at radius 1 is 0.829 bits per heavy atom. The summed E-state index contributed by atoms with van der Waals surface area (Å²) < 4.78 is 28.6. The number of hydrogen-bond acceptors (Lipinski definition) is 3. The predicted octanol–water partition coefficient (Wildman–Crippen LogP) is 6.95. The molecule has 0 aliphatic rings. The predicted molar refractivity (Wildman–Crippen MR) is 142 cm³/mol. The molecule has 4 rings (SSSR count). The van der Waals surface area contributed by atoms with E-state index in [4.69, 9.17) is 23.2 Å². The Morgan fingerprint density at radius 2 is 1.51 bits per heavy atom. The van der Waals surface area contributed by atoms with Gasteiger partial charge in [-0.15, -0.1) is 0 Å². The number of sulfonamides is 1. The molecule has 4 aromatic carbocycles. The molecule has 0 aliphatic heterocycles. The van der Waals surface area contributed by atoms with Gasteiger partial charge in [-0.3, -0.25) is 9.10 Å². The Bertz CT molecular complexity index is 1460. The van der Waals surface area contributed by atoms with Gasteiger partial charge in [0.25, 0.3) is 15.9 Å². The van der Waals surface area contributed by atoms with E-state index in [1.807, 2.05) is 6.92 Å². The highest BCUT2D eigenvalue weighted by Gasteiger charge is 2.26. The lowest BCUT2D eigenvalue weighted by molar-refractivity contribution is 0.102. The van der Waals surface area contributed by atoms with Crippen LogP contribution in [0.4, 0.5) is 11.4 Å². The minimum atomic E-state index is -3.88. The Hall–Kier alpha value is -3.32. The Kier molecular flexibility index (Phi) is 7.45. The lowest BCUT2D eigenvalue weighted by Crippen LogP contribution is -2.31. The van der Waals surface area contributed by atoms with Gasteiger partial charge in [0.1, 0.15) is 0 Å². The lowest BCUT2D eigenvalue weighted by Gasteiger charge is -2.26. The summed E-state index contributed by atoms with van der Waals surface area (Å²) in [5.41, 5.74) is 2.99. The quantitative estimate of drug-likeness (QED) is 0.284. The van der Waals surface area contributed by atoms with Crippen molar-refractivity contribution in [2.24, 2.45) is 0 Å². The number of anilines is 2. The molecule has 0 atom stereocenters. The van der Waals surface area contributed by atoms with Crippen molar-refractivity contribution in [3.63, 3.8) is 0 Å². The largest absolute Gasteiger partial charge is 0.322 e. The van der Waals surface area contributed by atoms with E-state index in [1.165, 1.54) is 4.31 Å². The molecule has 35 heavy (non-hydrogen) atoms. The average molecular weight is 525 g/mol. The zero-order valence-corrected chi connectivity index (χ0v) is 21.1. The third-order valence-corrected chi connectivity index (χ3v) is 7.64. The molecule has 1 amide bonds. The standard InChI is InChI=1S/C27H22Cl2N2O3S/c1-19-10-15-23(29)17-26(19)31(35(33,34)25-8-3-2-4-9-25)18-20-11-13-21(14-12-20)27(32)30-24-7-5-6-22(28)16-24/h2-17H,18H2,1H3,(H,30,32). The second-order valence-corrected chi connectivity index (χ2v) is 10.7. The number of benzene rings is 4. The van der Waals surface area contributed by atoms with Crippen LogP contribution in [0.1, 0.15) is 21.5 Å². The van der Waals surface area contributed by atoms with Crippen LogP contribution < -0.4 is 9.62 Å². The molecule has 0 bridgehead atoms. The highest BCUT2D eigenvalue weighted by Crippen LogP contribution is 2.31. The normalized spacial score (nSPS) is 11.2. The summed E-state index contributed by atoms with van der Waals surface area (Å²) in [6, 6.07) is 27.1. The van der Waals surface area contributed by atoms with Crippen LogP contribution in [0.15, 0.2) is 102 Å². The summed E-state index contributed by atoms with van der Waals surface area (Å²) in [5, 5.41) is 3.76. The van der Waals surface area contributed by atoms with E-state index in [0.717, 1.165) is 5.56 Å². The first-order chi connectivity index (χ1) is 16.7. The second-order valence-electron chi connectivity index (χ2n) is 7.92. The van der Waals surface area contributed by atoms with E-state index in [9.17, 15) is 13.2 Å². The molecule has 0 aliphatic carbocycles. The van der Waals surface area contributed by atoms with Gasteiger partial charge in [-0.2, -0.15) is 0 Å². The number of rotatable bonds is 7. The van der Waals surface area contributed by atoms with Gasteiger partial charge >= 0.3 is 0 Å². The number of hydrogen-bond donors (Lipinski definition) is 1. The van der Waals surface area contributed by atoms with Crippen LogP contribution in [0.5, 0.6) is 0 Å². The first kappa shape index (κ1) is 24.8. The molecule has 8 heteroatoms. The highest BCUT2D eigenvalue weighted by atomic mass is 35.5. The van der Waals surface area contributed by atoms with Crippen molar-refractivity contribution in [3.8, 4) is 0 Å². The summed E-state index contributed by atoms with van der Waals surface area (Å²) in [6.45, 7) is 1.90. The van der Waals surface area contributed by atoms with Crippen LogP contribution in [0.2, 0.25) is 10.0 Å². The van der Waals surface area contributed by atoms with E-state index in [1.54, 1.807) is 97.1 Å². The summed E-state index contributed by atoms with van der Waals surface area (Å²) in [7, 11) is -3.88. The van der Waals surface area contributed by atoms with Crippen molar-refractivity contribution >= 4 is 50.5 Å². The number of nitrogens with one attached hydrogen (secondary N) is 1. The molecule has 0 fully saturated rings. The Balaban J connectivity index is 1.63. The van der Waals surface area contributed by atoms with Crippen molar-refractivity contribution < 1.29 is 13.2 Å². The average Bonchev–Trinajstić information content (AvgIpc) is 2.85. The topological polar surface area (TPSA) is 66.5 Å². The van der Waals surface area contributed by atoms with Crippen LogP contribution >= 0.6 is 23.2 Å².